The van der Waals surface area contributed by atoms with Gasteiger partial charge in [-0.25, -0.2) is 19.7 Å². The van der Waals surface area contributed by atoms with Gasteiger partial charge in [-0.3, -0.25) is 4.79 Å². The van der Waals surface area contributed by atoms with Crippen molar-refractivity contribution in [3.05, 3.63) is 65.7 Å². The summed E-state index contributed by atoms with van der Waals surface area (Å²) in [6.45, 7) is 6.99. The van der Waals surface area contributed by atoms with Crippen molar-refractivity contribution in [1.29, 1.82) is 0 Å². The summed E-state index contributed by atoms with van der Waals surface area (Å²) in [5.74, 6) is 0.760. The first-order chi connectivity index (χ1) is 28.7. The highest BCUT2D eigenvalue weighted by molar-refractivity contribution is 6.30. The van der Waals surface area contributed by atoms with E-state index in [2.05, 4.69) is 11.9 Å². The SMILES string of the molecule is CCCCCCCCCC(Oc1ccc(-c2nc(-c3ccc(Cl)cc3)nc(-c3ccc(OCCCCCCCCCCC(=O)OCC)cc3O)n2)c(O)c1)C(=O)OCC. The van der Waals surface area contributed by atoms with E-state index >= 15 is 0 Å². The van der Waals surface area contributed by atoms with E-state index in [1.165, 1.54) is 31.7 Å². The molecule has 0 aliphatic heterocycles. The number of carbonyl (C=O) groups excluding carboxylic acids is 2. The maximum absolute atomic E-state index is 12.8. The van der Waals surface area contributed by atoms with Gasteiger partial charge in [-0.05, 0) is 88.1 Å². The summed E-state index contributed by atoms with van der Waals surface area (Å²) in [5, 5.41) is 23.0. The molecule has 0 bridgehead atoms. The lowest BCUT2D eigenvalue weighted by Gasteiger charge is -2.18. The van der Waals surface area contributed by atoms with Gasteiger partial charge in [0.15, 0.2) is 23.6 Å². The van der Waals surface area contributed by atoms with E-state index < -0.39 is 12.1 Å². The monoisotopic (exact) mass is 831 g/mol. The zero-order chi connectivity index (χ0) is 42.2. The minimum atomic E-state index is -0.803. The summed E-state index contributed by atoms with van der Waals surface area (Å²) in [6, 6.07) is 16.8. The lowest BCUT2D eigenvalue weighted by Crippen LogP contribution is -2.29. The average Bonchev–Trinajstić information content (AvgIpc) is 3.22. The second-order valence-corrected chi connectivity index (χ2v) is 15.1. The van der Waals surface area contributed by atoms with Crippen LogP contribution in [0.2, 0.25) is 5.02 Å². The first-order valence-electron chi connectivity index (χ1n) is 21.5. The Morgan fingerprint density at radius 3 is 1.73 bits per heavy atom. The van der Waals surface area contributed by atoms with Crippen molar-refractivity contribution >= 4 is 23.5 Å². The van der Waals surface area contributed by atoms with Crippen molar-refractivity contribution in [3.8, 4) is 57.2 Å². The predicted octanol–water partition coefficient (Wildman–Crippen LogP) is 11.8. The summed E-state index contributed by atoms with van der Waals surface area (Å²) in [6.07, 6.45) is 16.3. The Kier molecular flexibility index (Phi) is 20.8. The molecule has 0 fully saturated rings. The molecular formula is C47H62ClN3O8. The van der Waals surface area contributed by atoms with Crippen LogP contribution in [0.1, 0.15) is 130 Å². The van der Waals surface area contributed by atoms with Crippen molar-refractivity contribution in [2.24, 2.45) is 0 Å². The second kappa shape index (κ2) is 26.3. The van der Waals surface area contributed by atoms with Crippen LogP contribution in [0, 0.1) is 0 Å². The van der Waals surface area contributed by atoms with Crippen molar-refractivity contribution < 1.29 is 38.7 Å². The van der Waals surface area contributed by atoms with E-state index in [9.17, 15) is 19.8 Å². The standard InChI is InChI=1S/C47H62ClN3O8/c1-4-7-8-9-12-15-18-21-42(47(55)57-6-3)59-37-28-30-39(41(53)33-37)46-50-44(34-23-25-35(48)26-24-34)49-45(51-46)38-29-27-36(32-40(38)52)58-31-20-17-14-11-10-13-16-19-22-43(54)56-5-2/h23-30,32-33,42,52-53H,4-22,31H2,1-3H3. The number of ether oxygens (including phenoxy) is 4. The fourth-order valence-electron chi connectivity index (χ4n) is 6.68. The fraction of sp³-hybridized carbons (Fsp3) is 0.511. The number of halogens is 1. The van der Waals surface area contributed by atoms with E-state index in [0.717, 1.165) is 70.6 Å². The maximum Gasteiger partial charge on any atom is 0.347 e. The van der Waals surface area contributed by atoms with Crippen LogP contribution >= 0.6 is 11.6 Å². The lowest BCUT2D eigenvalue weighted by molar-refractivity contribution is -0.151. The van der Waals surface area contributed by atoms with Crippen LogP contribution in [0.5, 0.6) is 23.0 Å². The highest BCUT2D eigenvalue weighted by Crippen LogP contribution is 2.36. The number of benzene rings is 3. The summed E-state index contributed by atoms with van der Waals surface area (Å²) in [7, 11) is 0. The number of nitrogens with zero attached hydrogens (tertiary/aromatic N) is 3. The number of carbonyl (C=O) groups is 2. The normalized spacial score (nSPS) is 11.6. The van der Waals surface area contributed by atoms with Gasteiger partial charge in [0, 0.05) is 29.1 Å². The summed E-state index contributed by atoms with van der Waals surface area (Å²) in [4.78, 5) is 38.3. The topological polar surface area (TPSA) is 150 Å². The van der Waals surface area contributed by atoms with Crippen LogP contribution in [0.15, 0.2) is 60.7 Å². The first kappa shape index (κ1) is 46.8. The van der Waals surface area contributed by atoms with Crippen molar-refractivity contribution in [1.82, 2.24) is 15.0 Å². The van der Waals surface area contributed by atoms with Crippen LogP contribution < -0.4 is 9.47 Å². The van der Waals surface area contributed by atoms with Gasteiger partial charge < -0.3 is 29.2 Å². The Bertz CT molecular complexity index is 1870. The number of aromatic nitrogens is 3. The molecule has 12 heteroatoms. The Balaban J connectivity index is 1.41. The molecule has 1 unspecified atom stereocenters. The van der Waals surface area contributed by atoms with Gasteiger partial charge in [-0.15, -0.1) is 0 Å². The van der Waals surface area contributed by atoms with Gasteiger partial charge in [0.05, 0.1) is 30.9 Å². The molecule has 2 N–H and O–H groups in total. The molecule has 4 aromatic rings. The molecule has 4 rings (SSSR count). The second-order valence-electron chi connectivity index (χ2n) is 14.7. The molecule has 11 nitrogen and oxygen atoms in total. The van der Waals surface area contributed by atoms with E-state index in [1.807, 2.05) is 6.92 Å². The van der Waals surface area contributed by atoms with Gasteiger partial charge in [-0.2, -0.15) is 0 Å². The first-order valence-corrected chi connectivity index (χ1v) is 21.9. The van der Waals surface area contributed by atoms with E-state index in [-0.39, 0.29) is 35.7 Å². The van der Waals surface area contributed by atoms with E-state index in [0.29, 0.717) is 65.1 Å². The third kappa shape index (κ3) is 16.3. The van der Waals surface area contributed by atoms with Crippen molar-refractivity contribution in [2.75, 3.05) is 19.8 Å². The zero-order valence-electron chi connectivity index (χ0n) is 35.1. The minimum absolute atomic E-state index is 0.0661. The molecule has 0 aliphatic rings. The minimum Gasteiger partial charge on any atom is -0.507 e. The zero-order valence-corrected chi connectivity index (χ0v) is 35.8. The van der Waals surface area contributed by atoms with Crippen LogP contribution in [-0.4, -0.2) is 63.0 Å². The van der Waals surface area contributed by atoms with Crippen LogP contribution in [0.25, 0.3) is 34.2 Å². The Labute approximate surface area is 354 Å². The predicted molar refractivity (Wildman–Crippen MR) is 232 cm³/mol. The number of esters is 2. The third-order valence-corrected chi connectivity index (χ3v) is 10.2. The third-order valence-electron chi connectivity index (χ3n) is 9.91. The van der Waals surface area contributed by atoms with Crippen LogP contribution in [0.4, 0.5) is 0 Å². The Hall–Kier alpha value is -4.90. The summed E-state index contributed by atoms with van der Waals surface area (Å²) in [5.41, 5.74) is 1.33. The molecule has 0 aliphatic carbocycles. The molecule has 0 radical (unpaired) electrons. The van der Waals surface area contributed by atoms with Gasteiger partial charge >= 0.3 is 11.9 Å². The van der Waals surface area contributed by atoms with E-state index in [1.54, 1.807) is 61.5 Å². The van der Waals surface area contributed by atoms with Gasteiger partial charge in [-0.1, -0.05) is 95.6 Å². The molecule has 1 aromatic heterocycles. The quantitative estimate of drug-likeness (QED) is 0.0416. The van der Waals surface area contributed by atoms with Crippen molar-refractivity contribution in [3.63, 3.8) is 0 Å². The molecule has 0 amide bonds. The number of unbranched alkanes of at least 4 members (excludes halogenated alkanes) is 13. The molecule has 0 saturated heterocycles. The number of phenolic OH excluding ortho intramolecular Hbond substituents is 2. The molecule has 0 spiro atoms. The smallest absolute Gasteiger partial charge is 0.347 e. The highest BCUT2D eigenvalue weighted by Gasteiger charge is 2.23. The van der Waals surface area contributed by atoms with Gasteiger partial charge in [0.2, 0.25) is 0 Å². The number of phenols is 2. The molecule has 3 aromatic carbocycles. The number of rotatable bonds is 28. The van der Waals surface area contributed by atoms with Crippen molar-refractivity contribution in [2.45, 2.75) is 136 Å². The number of hydrogen-bond acceptors (Lipinski definition) is 11. The number of hydrogen-bond donors (Lipinski definition) is 2. The largest absolute Gasteiger partial charge is 0.507 e. The molecule has 0 saturated carbocycles. The molecular weight excluding hydrogens is 770 g/mol. The highest BCUT2D eigenvalue weighted by atomic mass is 35.5. The average molecular weight is 832 g/mol. The maximum atomic E-state index is 12.8. The van der Waals surface area contributed by atoms with Crippen LogP contribution in [0.3, 0.4) is 0 Å². The Morgan fingerprint density at radius 2 is 1.14 bits per heavy atom. The van der Waals surface area contributed by atoms with Gasteiger partial charge in [0.1, 0.15) is 23.0 Å². The molecule has 1 atom stereocenters. The fourth-order valence-corrected chi connectivity index (χ4v) is 6.80. The summed E-state index contributed by atoms with van der Waals surface area (Å²) < 4.78 is 22.3. The Morgan fingerprint density at radius 1 is 0.610 bits per heavy atom. The van der Waals surface area contributed by atoms with Gasteiger partial charge in [0.25, 0.3) is 0 Å². The molecule has 320 valence electrons. The van der Waals surface area contributed by atoms with E-state index in [4.69, 9.17) is 40.5 Å². The summed E-state index contributed by atoms with van der Waals surface area (Å²) >= 11 is 6.18. The molecule has 1 heterocycles. The van der Waals surface area contributed by atoms with Crippen LogP contribution in [-0.2, 0) is 19.1 Å². The molecule has 59 heavy (non-hydrogen) atoms. The lowest BCUT2D eigenvalue weighted by atomic mass is 10.1. The number of aromatic hydroxyl groups is 2.